The third-order valence-corrected chi connectivity index (χ3v) is 10.6. The molecule has 260 valence electrons. The second-order valence-corrected chi connectivity index (χ2v) is 14.3. The fraction of sp³-hybridized carbons (Fsp3) is 0.0588. The highest BCUT2D eigenvalue weighted by molar-refractivity contribution is 6.12. The fourth-order valence-corrected chi connectivity index (χ4v) is 7.81. The average molecular weight is 696 g/mol. The third kappa shape index (κ3) is 6.00. The largest absolute Gasteiger partial charge is 0.310 e. The number of fused-ring (bicyclic) bond motifs is 3. The van der Waals surface area contributed by atoms with E-state index in [1.165, 1.54) is 21.9 Å². The second-order valence-electron chi connectivity index (χ2n) is 14.3. The van der Waals surface area contributed by atoms with Crippen LogP contribution in [-0.4, -0.2) is 4.57 Å². The van der Waals surface area contributed by atoms with Crippen LogP contribution < -0.4 is 9.80 Å². The Balaban J connectivity index is 1.29. The van der Waals surface area contributed by atoms with Crippen LogP contribution in [0, 0.1) is 0 Å². The third-order valence-electron chi connectivity index (χ3n) is 10.6. The van der Waals surface area contributed by atoms with Crippen molar-refractivity contribution in [2.24, 2.45) is 0 Å². The van der Waals surface area contributed by atoms with E-state index in [0.717, 1.165) is 50.8 Å². The number of anilines is 6. The number of hydrogen-bond acceptors (Lipinski definition) is 2. The van der Waals surface area contributed by atoms with Crippen LogP contribution in [0.1, 0.15) is 25.0 Å². The summed E-state index contributed by atoms with van der Waals surface area (Å²) < 4.78 is 2.44. The summed E-state index contributed by atoms with van der Waals surface area (Å²) >= 11 is 0. The van der Waals surface area contributed by atoms with Crippen molar-refractivity contribution in [2.75, 3.05) is 9.80 Å². The quantitative estimate of drug-likeness (QED) is 0.149. The van der Waals surface area contributed by atoms with Crippen molar-refractivity contribution in [3.05, 3.63) is 223 Å². The lowest BCUT2D eigenvalue weighted by molar-refractivity contribution is 0.640. The zero-order valence-corrected chi connectivity index (χ0v) is 30.5. The molecule has 0 amide bonds. The summed E-state index contributed by atoms with van der Waals surface area (Å²) in [6.07, 6.45) is 0. The molecule has 0 saturated heterocycles. The Morgan fingerprint density at radius 2 is 0.704 bits per heavy atom. The molecule has 9 aromatic rings. The van der Waals surface area contributed by atoms with Crippen LogP contribution in [0.25, 0.3) is 27.5 Å². The molecule has 1 heterocycles. The van der Waals surface area contributed by atoms with Crippen molar-refractivity contribution in [2.45, 2.75) is 19.3 Å². The van der Waals surface area contributed by atoms with Gasteiger partial charge in [0, 0.05) is 56.0 Å². The van der Waals surface area contributed by atoms with Crippen molar-refractivity contribution in [1.82, 2.24) is 4.57 Å². The molecule has 54 heavy (non-hydrogen) atoms. The highest BCUT2D eigenvalue weighted by atomic mass is 15.1. The van der Waals surface area contributed by atoms with Crippen molar-refractivity contribution < 1.29 is 0 Å². The van der Waals surface area contributed by atoms with Crippen LogP contribution in [0.5, 0.6) is 0 Å². The summed E-state index contributed by atoms with van der Waals surface area (Å²) in [6.45, 7) is 4.63. The Morgan fingerprint density at radius 3 is 1.11 bits per heavy atom. The minimum absolute atomic E-state index is 0.173. The fourth-order valence-electron chi connectivity index (χ4n) is 7.81. The second kappa shape index (κ2) is 13.9. The van der Waals surface area contributed by atoms with Crippen LogP contribution in [0.4, 0.5) is 34.1 Å². The molecule has 0 atom stereocenters. The number of nitrogens with zero attached hydrogens (tertiary/aromatic N) is 3. The topological polar surface area (TPSA) is 11.4 Å². The summed E-state index contributed by atoms with van der Waals surface area (Å²) in [5.74, 6) is 0. The molecule has 8 aromatic carbocycles. The average Bonchev–Trinajstić information content (AvgIpc) is 3.56. The Morgan fingerprint density at radius 1 is 0.333 bits per heavy atom. The molecule has 0 bridgehead atoms. The van der Waals surface area contributed by atoms with E-state index in [1.54, 1.807) is 0 Å². The normalized spacial score (nSPS) is 11.5. The van der Waals surface area contributed by atoms with Gasteiger partial charge in [-0.15, -0.1) is 0 Å². The first-order valence-electron chi connectivity index (χ1n) is 18.6. The summed E-state index contributed by atoms with van der Waals surface area (Å²) in [7, 11) is 0. The Hall–Kier alpha value is -6.84. The molecule has 0 radical (unpaired) electrons. The van der Waals surface area contributed by atoms with Gasteiger partial charge in [-0.3, -0.25) is 0 Å². The predicted molar refractivity (Wildman–Crippen MR) is 229 cm³/mol. The van der Waals surface area contributed by atoms with E-state index >= 15 is 0 Å². The number of benzene rings is 8. The van der Waals surface area contributed by atoms with Crippen molar-refractivity contribution in [3.8, 4) is 5.69 Å². The van der Waals surface area contributed by atoms with Gasteiger partial charge in [-0.05, 0) is 108 Å². The molecule has 0 unspecified atom stereocenters. The number of para-hydroxylation sites is 4. The van der Waals surface area contributed by atoms with Gasteiger partial charge in [0.15, 0.2) is 0 Å². The standard InChI is InChI=1S/C51H41N3/c1-51(2,38-19-8-3-9-20-38)39-21-18-30-44(35-39)54-49-33-31-45(52(40-22-10-4-11-23-40)41-24-12-5-13-25-41)36-47(49)48-37-46(32-34-50(48)54)53(42-26-14-6-15-27-42)43-28-16-7-17-29-43/h3-37H,1-2H3. The number of aromatic nitrogens is 1. The zero-order valence-electron chi connectivity index (χ0n) is 30.5. The van der Waals surface area contributed by atoms with Gasteiger partial charge in [-0.1, -0.05) is 129 Å². The van der Waals surface area contributed by atoms with Crippen LogP contribution >= 0.6 is 0 Å². The van der Waals surface area contributed by atoms with E-state index in [0.29, 0.717) is 0 Å². The maximum atomic E-state index is 2.44. The Labute approximate surface area is 317 Å². The summed E-state index contributed by atoms with van der Waals surface area (Å²) in [5, 5.41) is 2.38. The first-order chi connectivity index (χ1) is 26.6. The number of rotatable bonds is 9. The molecule has 9 rings (SSSR count). The number of hydrogen-bond donors (Lipinski definition) is 0. The first kappa shape index (κ1) is 33.0. The van der Waals surface area contributed by atoms with Crippen LogP contribution in [-0.2, 0) is 5.41 Å². The van der Waals surface area contributed by atoms with E-state index in [4.69, 9.17) is 0 Å². The molecule has 0 N–H and O–H groups in total. The molecule has 0 aliphatic heterocycles. The molecular formula is C51H41N3. The molecule has 0 aliphatic rings. The lowest BCUT2D eigenvalue weighted by atomic mass is 9.78. The van der Waals surface area contributed by atoms with Crippen LogP contribution in [0.15, 0.2) is 212 Å². The molecule has 3 heteroatoms. The molecule has 3 nitrogen and oxygen atoms in total. The SMILES string of the molecule is CC(C)(c1ccccc1)c1cccc(-n2c3ccc(N(c4ccccc4)c4ccccc4)cc3c3cc(N(c4ccccc4)c4ccccc4)ccc32)c1. The zero-order chi connectivity index (χ0) is 36.5. The van der Waals surface area contributed by atoms with Crippen molar-refractivity contribution in [3.63, 3.8) is 0 Å². The van der Waals surface area contributed by atoms with Gasteiger partial charge >= 0.3 is 0 Å². The summed E-state index contributed by atoms with van der Waals surface area (Å²) in [4.78, 5) is 4.69. The summed E-state index contributed by atoms with van der Waals surface area (Å²) in [6, 6.07) is 76.3. The van der Waals surface area contributed by atoms with E-state index in [1.807, 2.05) is 0 Å². The Bertz CT molecular complexity index is 2450. The lowest BCUT2D eigenvalue weighted by Crippen LogP contribution is -2.19. The van der Waals surface area contributed by atoms with Gasteiger partial charge in [0.1, 0.15) is 0 Å². The summed E-state index contributed by atoms with van der Waals surface area (Å²) in [5.41, 5.74) is 12.5. The molecule has 0 saturated carbocycles. The van der Waals surface area contributed by atoms with Gasteiger partial charge in [-0.25, -0.2) is 0 Å². The molecule has 0 aliphatic carbocycles. The minimum Gasteiger partial charge on any atom is -0.310 e. The van der Waals surface area contributed by atoms with Crippen molar-refractivity contribution >= 4 is 55.9 Å². The van der Waals surface area contributed by atoms with Gasteiger partial charge < -0.3 is 14.4 Å². The molecule has 0 spiro atoms. The predicted octanol–water partition coefficient (Wildman–Crippen LogP) is 14.0. The highest BCUT2D eigenvalue weighted by Crippen LogP contribution is 2.43. The van der Waals surface area contributed by atoms with Gasteiger partial charge in [0.2, 0.25) is 0 Å². The Kier molecular flexibility index (Phi) is 8.53. The maximum absolute atomic E-state index is 2.44. The van der Waals surface area contributed by atoms with Crippen molar-refractivity contribution in [1.29, 1.82) is 0 Å². The maximum Gasteiger partial charge on any atom is 0.0542 e. The first-order valence-corrected chi connectivity index (χ1v) is 18.6. The van der Waals surface area contributed by atoms with Gasteiger partial charge in [0.25, 0.3) is 0 Å². The molecule has 1 aromatic heterocycles. The van der Waals surface area contributed by atoms with E-state index in [-0.39, 0.29) is 5.41 Å². The van der Waals surface area contributed by atoms with Crippen LogP contribution in [0.3, 0.4) is 0 Å². The van der Waals surface area contributed by atoms with Crippen LogP contribution in [0.2, 0.25) is 0 Å². The minimum atomic E-state index is -0.173. The smallest absolute Gasteiger partial charge is 0.0542 e. The lowest BCUT2D eigenvalue weighted by Gasteiger charge is -2.27. The molecular weight excluding hydrogens is 655 g/mol. The van der Waals surface area contributed by atoms with Gasteiger partial charge in [-0.2, -0.15) is 0 Å². The molecule has 0 fully saturated rings. The van der Waals surface area contributed by atoms with E-state index in [9.17, 15) is 0 Å². The van der Waals surface area contributed by atoms with E-state index in [2.05, 4.69) is 241 Å². The van der Waals surface area contributed by atoms with E-state index < -0.39 is 0 Å². The highest BCUT2D eigenvalue weighted by Gasteiger charge is 2.25. The van der Waals surface area contributed by atoms with Gasteiger partial charge in [0.05, 0.1) is 11.0 Å². The monoisotopic (exact) mass is 695 g/mol.